The Balaban J connectivity index is 2.02. The molecule has 0 bridgehead atoms. The summed E-state index contributed by atoms with van der Waals surface area (Å²) in [4.78, 5) is 16.4. The first-order chi connectivity index (χ1) is 8.20. The Morgan fingerprint density at radius 1 is 1.35 bits per heavy atom. The normalized spacial score (nSPS) is 17.2. The van der Waals surface area contributed by atoms with Crippen molar-refractivity contribution in [2.24, 2.45) is 0 Å². The average Bonchev–Trinajstić information content (AvgIpc) is 2.38. The average molecular weight is 252 g/mol. The van der Waals surface area contributed by atoms with Gasteiger partial charge >= 0.3 is 0 Å². The number of hydrogen-bond donors (Lipinski definition) is 0. The lowest BCUT2D eigenvalue weighted by Crippen LogP contribution is -2.48. The molecule has 0 aliphatic carbocycles. The third-order valence-corrected chi connectivity index (χ3v) is 3.33. The summed E-state index contributed by atoms with van der Waals surface area (Å²) >= 11 is 5.86. The molecule has 0 spiro atoms. The number of nitrogens with zero attached hydrogens (tertiary/aromatic N) is 2. The second kappa shape index (κ2) is 5.52. The van der Waals surface area contributed by atoms with E-state index in [0.717, 1.165) is 32.7 Å². The Morgan fingerprint density at radius 3 is 2.65 bits per heavy atom. The Hall–Kier alpha value is -1.06. The molecule has 0 atom stereocenters. The van der Waals surface area contributed by atoms with Crippen molar-refractivity contribution in [3.63, 3.8) is 0 Å². The zero-order chi connectivity index (χ0) is 12.3. The van der Waals surface area contributed by atoms with E-state index in [4.69, 9.17) is 11.6 Å². The van der Waals surface area contributed by atoms with Crippen molar-refractivity contribution in [2.45, 2.75) is 6.92 Å². The fourth-order valence-corrected chi connectivity index (χ4v) is 2.20. The summed E-state index contributed by atoms with van der Waals surface area (Å²) in [6, 6.07) is 7.94. The van der Waals surface area contributed by atoms with Gasteiger partial charge in [-0.25, -0.2) is 0 Å². The van der Waals surface area contributed by atoms with Crippen molar-refractivity contribution >= 4 is 17.5 Å². The summed E-state index contributed by atoms with van der Waals surface area (Å²) in [7, 11) is 0. The Kier molecular flexibility index (Phi) is 4.02. The van der Waals surface area contributed by atoms with Crippen LogP contribution in [0.4, 0.5) is 0 Å². The highest BCUT2D eigenvalue weighted by atomic mass is 35.5. The lowest BCUT2D eigenvalue weighted by atomic mass is 10.2. The molecule has 1 fully saturated rings. The van der Waals surface area contributed by atoms with Gasteiger partial charge in [0.05, 0.1) is 0 Å². The molecule has 1 radical (unpaired) electrons. The molecule has 2 rings (SSSR count). The van der Waals surface area contributed by atoms with Crippen LogP contribution < -0.4 is 0 Å². The van der Waals surface area contributed by atoms with Gasteiger partial charge in [-0.2, -0.15) is 0 Å². The molecule has 0 saturated carbocycles. The molecule has 0 aromatic heterocycles. The van der Waals surface area contributed by atoms with E-state index in [0.29, 0.717) is 10.6 Å². The minimum atomic E-state index is 0.0551. The van der Waals surface area contributed by atoms with Gasteiger partial charge in [0, 0.05) is 36.8 Å². The summed E-state index contributed by atoms with van der Waals surface area (Å²) < 4.78 is 0. The highest BCUT2D eigenvalue weighted by Gasteiger charge is 2.21. The molecule has 1 aromatic carbocycles. The van der Waals surface area contributed by atoms with Crippen molar-refractivity contribution in [3.05, 3.63) is 34.9 Å². The number of benzene rings is 1. The van der Waals surface area contributed by atoms with Crippen LogP contribution in [0.1, 0.15) is 17.3 Å². The van der Waals surface area contributed by atoms with Crippen LogP contribution in [0.25, 0.3) is 0 Å². The van der Waals surface area contributed by atoms with Gasteiger partial charge in [-0.15, -0.1) is 0 Å². The lowest BCUT2D eigenvalue weighted by Gasteiger charge is -2.34. The summed E-state index contributed by atoms with van der Waals surface area (Å²) in [5.74, 6) is 0.0551. The first-order valence-corrected chi connectivity index (χ1v) is 6.26. The topological polar surface area (TPSA) is 23.6 Å². The van der Waals surface area contributed by atoms with Crippen molar-refractivity contribution in [3.8, 4) is 0 Å². The predicted molar refractivity (Wildman–Crippen MR) is 68.3 cm³/mol. The molecule has 0 unspecified atom stereocenters. The molecule has 0 N–H and O–H groups in total. The number of rotatable bonds is 2. The molecule has 1 saturated heterocycles. The van der Waals surface area contributed by atoms with Gasteiger partial charge in [-0.05, 0) is 30.8 Å². The van der Waals surface area contributed by atoms with E-state index < -0.39 is 0 Å². The van der Waals surface area contributed by atoms with Crippen LogP contribution in [0.5, 0.6) is 0 Å². The Bertz CT molecular complexity index is 400. The van der Waals surface area contributed by atoms with E-state index in [9.17, 15) is 4.79 Å². The smallest absolute Gasteiger partial charge is 0.254 e. The monoisotopic (exact) mass is 251 g/mol. The lowest BCUT2D eigenvalue weighted by molar-refractivity contribution is 0.0643. The van der Waals surface area contributed by atoms with Gasteiger partial charge in [-0.1, -0.05) is 18.5 Å². The van der Waals surface area contributed by atoms with Crippen LogP contribution in [0.3, 0.4) is 0 Å². The van der Waals surface area contributed by atoms with Gasteiger partial charge in [-0.3, -0.25) is 4.79 Å². The minimum Gasteiger partial charge on any atom is -0.336 e. The molecule has 3 nitrogen and oxygen atoms in total. The predicted octanol–water partition coefficient (Wildman–Crippen LogP) is 1.92. The second-order valence-corrected chi connectivity index (χ2v) is 4.60. The summed E-state index contributed by atoms with van der Waals surface area (Å²) in [5, 5.41) is 0.558. The molecule has 91 valence electrons. The van der Waals surface area contributed by atoms with Crippen LogP contribution in [0, 0.1) is 6.07 Å². The molecule has 1 heterocycles. The second-order valence-electron chi connectivity index (χ2n) is 4.17. The summed E-state index contributed by atoms with van der Waals surface area (Å²) in [5.41, 5.74) is 0.627. The maximum Gasteiger partial charge on any atom is 0.254 e. The van der Waals surface area contributed by atoms with Gasteiger partial charge in [0.15, 0.2) is 0 Å². The van der Waals surface area contributed by atoms with Gasteiger partial charge in [0.25, 0.3) is 5.91 Å². The highest BCUT2D eigenvalue weighted by Crippen LogP contribution is 2.13. The van der Waals surface area contributed by atoms with Crippen molar-refractivity contribution in [1.82, 2.24) is 9.80 Å². The van der Waals surface area contributed by atoms with Crippen LogP contribution >= 0.6 is 11.6 Å². The number of carbonyl (C=O) groups is 1. The third-order valence-electron chi connectivity index (χ3n) is 3.11. The van der Waals surface area contributed by atoms with Crippen molar-refractivity contribution in [2.75, 3.05) is 32.7 Å². The number of hydrogen-bond acceptors (Lipinski definition) is 2. The van der Waals surface area contributed by atoms with Gasteiger partial charge in [0.1, 0.15) is 0 Å². The molecule has 1 amide bonds. The highest BCUT2D eigenvalue weighted by molar-refractivity contribution is 6.30. The van der Waals surface area contributed by atoms with E-state index in [1.807, 2.05) is 4.90 Å². The standard InChI is InChI=1S/C13H16ClN2O/c1-2-15-6-8-16(9-7-15)13(17)11-4-3-5-12(14)10-11/h4-5,10H,2,6-9H2,1H3. The van der Waals surface area contributed by atoms with E-state index in [1.54, 1.807) is 18.2 Å². The molecule has 4 heteroatoms. The third kappa shape index (κ3) is 2.99. The number of amides is 1. The largest absolute Gasteiger partial charge is 0.336 e. The molecular weight excluding hydrogens is 236 g/mol. The first kappa shape index (κ1) is 12.4. The van der Waals surface area contributed by atoms with E-state index >= 15 is 0 Å². The molecule has 17 heavy (non-hydrogen) atoms. The van der Waals surface area contributed by atoms with E-state index in [1.165, 1.54) is 0 Å². The first-order valence-electron chi connectivity index (χ1n) is 5.89. The molecule has 1 aromatic rings. The number of likely N-dealkylation sites (N-methyl/N-ethyl adjacent to an activating group) is 1. The number of halogens is 1. The van der Waals surface area contributed by atoms with Crippen LogP contribution in [0.15, 0.2) is 18.2 Å². The van der Waals surface area contributed by atoms with E-state index in [-0.39, 0.29) is 5.91 Å². The number of carbonyl (C=O) groups excluding carboxylic acids is 1. The summed E-state index contributed by atoms with van der Waals surface area (Å²) in [6.07, 6.45) is 0. The van der Waals surface area contributed by atoms with Gasteiger partial charge in [0.2, 0.25) is 0 Å². The van der Waals surface area contributed by atoms with Gasteiger partial charge < -0.3 is 9.80 Å². The zero-order valence-corrected chi connectivity index (χ0v) is 10.7. The van der Waals surface area contributed by atoms with E-state index in [2.05, 4.69) is 17.9 Å². The van der Waals surface area contributed by atoms with Crippen LogP contribution in [-0.2, 0) is 0 Å². The summed E-state index contributed by atoms with van der Waals surface area (Å²) in [6.45, 7) is 6.67. The molecular formula is C13H16ClN2O. The Morgan fingerprint density at radius 2 is 2.06 bits per heavy atom. The van der Waals surface area contributed by atoms with Crippen LogP contribution in [0.2, 0.25) is 5.02 Å². The molecule has 1 aliphatic heterocycles. The SMILES string of the molecule is CCN1CCN(C(=O)c2c[c]cc(Cl)c2)CC1. The Labute approximate surface area is 107 Å². The van der Waals surface area contributed by atoms with Crippen molar-refractivity contribution in [1.29, 1.82) is 0 Å². The molecule has 1 aliphatic rings. The van der Waals surface area contributed by atoms with Crippen molar-refractivity contribution < 1.29 is 4.79 Å². The minimum absolute atomic E-state index is 0.0551. The number of piperazine rings is 1. The fourth-order valence-electron chi connectivity index (χ4n) is 2.02. The fraction of sp³-hybridized carbons (Fsp3) is 0.462. The van der Waals surface area contributed by atoms with Crippen LogP contribution in [-0.4, -0.2) is 48.4 Å². The quantitative estimate of drug-likeness (QED) is 0.802. The maximum atomic E-state index is 12.2. The zero-order valence-electron chi connectivity index (χ0n) is 9.95. The maximum absolute atomic E-state index is 12.2.